The molecule has 2 saturated heterocycles. The van der Waals surface area contributed by atoms with Crippen molar-refractivity contribution in [1.82, 2.24) is 29.6 Å². The molecule has 2 aromatic heterocycles. The third kappa shape index (κ3) is 16.0. The molecule has 6 N–H and O–H groups in total. The first-order valence-corrected chi connectivity index (χ1v) is 28.4. The summed E-state index contributed by atoms with van der Waals surface area (Å²) in [5, 5.41) is 7.02. The molecule has 2 amide bonds. The fourth-order valence-corrected chi connectivity index (χ4v) is 10.5. The molecule has 3 aliphatic rings. The van der Waals surface area contributed by atoms with Crippen LogP contribution in [0.3, 0.4) is 0 Å². The molecular formula is C66H64F6IN10O2+. The highest BCUT2D eigenvalue weighted by atomic mass is 127. The number of nitrogens with two attached hydrogens (primary N) is 2. The predicted molar refractivity (Wildman–Crippen MR) is 334 cm³/mol. The van der Waals surface area contributed by atoms with Gasteiger partial charge in [-0.2, -0.15) is 26.3 Å². The summed E-state index contributed by atoms with van der Waals surface area (Å²) in [6.45, 7) is 14.1. The molecule has 0 atom stereocenters. The number of piperazine rings is 2. The molecule has 19 heteroatoms. The van der Waals surface area contributed by atoms with E-state index in [1.165, 1.54) is 24.3 Å². The van der Waals surface area contributed by atoms with Gasteiger partial charge >= 0.3 is 12.4 Å². The standard InChI is InChI=1S/C33H32F3N5O.C23H24F3N3O.C10H8IN2/c1-21-8-9-24(18-23(21)11-13-29-28-7-5-4-6-27(28)22(2)38-31(29)37)32(42)39-26-12-10-25(30(19-26)33(34,35)36)20-41-16-14-40(3)15-17-41;1-4-17-13-18(6-5-16(17)2)22(30)27-20-8-7-19(21(14-20)23(24,25)26)15-29-11-9-28(3)10-12-29;1-6-7-4-2-3-5-8(7)9(11)10(12)13-6/h4-10,12,18-19H,14-17,20H2,1-3H3,(H2,37,38)(H,39,42);1,5-8,13-14H,9-12,15H2,2-3H3,(H,27,30);2,4-5H,1H3,(H2,12,13)/q;;+1. The van der Waals surface area contributed by atoms with Gasteiger partial charge in [-0.1, -0.05) is 66.3 Å². The van der Waals surface area contributed by atoms with Gasteiger partial charge < -0.3 is 31.9 Å². The number of nitrogen functional groups attached to an aromatic ring is 2. The van der Waals surface area contributed by atoms with E-state index in [9.17, 15) is 35.9 Å². The Labute approximate surface area is 505 Å². The molecule has 0 bridgehead atoms. The third-order valence-corrected chi connectivity index (χ3v) is 16.1. The van der Waals surface area contributed by atoms with Gasteiger partial charge in [0.1, 0.15) is 32.7 Å². The number of aromatic nitrogens is 2. The number of allylic oxidation sites excluding steroid dienone is 2. The Balaban J connectivity index is 0.000000189. The summed E-state index contributed by atoms with van der Waals surface area (Å²) in [6, 6.07) is 25.5. The molecule has 4 heterocycles. The summed E-state index contributed by atoms with van der Waals surface area (Å²) in [6.07, 6.45) is 5.26. The zero-order valence-electron chi connectivity index (χ0n) is 47.9. The van der Waals surface area contributed by atoms with Crippen LogP contribution in [0.2, 0.25) is 0 Å². The number of fused-ring (bicyclic) bond motifs is 2. The number of nitrogens with zero attached hydrogens (tertiary/aromatic N) is 6. The van der Waals surface area contributed by atoms with Gasteiger partial charge in [-0.3, -0.25) is 19.4 Å². The van der Waals surface area contributed by atoms with E-state index in [2.05, 4.69) is 76.8 Å². The topological polar surface area (TPSA) is 149 Å². The summed E-state index contributed by atoms with van der Waals surface area (Å²) >= 11 is 2.21. The first kappa shape index (κ1) is 62.9. The molecule has 12 nitrogen and oxygen atoms in total. The number of carbonyl (C=O) groups is 2. The zero-order valence-corrected chi connectivity index (χ0v) is 50.1. The van der Waals surface area contributed by atoms with Crippen LogP contribution in [0.15, 0.2) is 103 Å². The minimum atomic E-state index is -4.55. The first-order chi connectivity index (χ1) is 40.4. The van der Waals surface area contributed by atoms with Crippen LogP contribution >= 0.6 is 22.6 Å². The molecular weight excluding hydrogens is 1210 g/mol. The summed E-state index contributed by atoms with van der Waals surface area (Å²) in [5.41, 5.74) is 19.2. The lowest BCUT2D eigenvalue weighted by Crippen LogP contribution is -2.44. The van der Waals surface area contributed by atoms with Gasteiger partial charge in [0, 0.05) is 122 Å². The predicted octanol–water partition coefficient (Wildman–Crippen LogP) is 12.3. The minimum Gasteiger partial charge on any atom is -0.383 e. The van der Waals surface area contributed by atoms with Crippen LogP contribution in [0.1, 0.15) is 93.3 Å². The van der Waals surface area contributed by atoms with Crippen LogP contribution in [0.25, 0.3) is 22.9 Å². The number of terminal acetylenes is 1. The third-order valence-electron chi connectivity index (χ3n) is 14.9. The Hall–Kier alpha value is -8.14. The number of rotatable bonds is 8. The van der Waals surface area contributed by atoms with Crippen LogP contribution in [0, 0.1) is 61.5 Å². The largest absolute Gasteiger partial charge is 0.416 e. The molecule has 7 aromatic rings. The van der Waals surface area contributed by atoms with Gasteiger partial charge in [-0.15, -0.1) is 6.42 Å². The number of hydrogen-bond donors (Lipinski definition) is 4. The van der Waals surface area contributed by atoms with Gasteiger partial charge in [0.2, 0.25) is 0 Å². The number of carbonyl (C=O) groups excluding carboxylic acids is 2. The van der Waals surface area contributed by atoms with Crippen molar-refractivity contribution < 1.29 is 35.9 Å². The monoisotopic (exact) mass is 1270 g/mol. The average Bonchev–Trinajstić information content (AvgIpc) is 3.47. The van der Waals surface area contributed by atoms with Gasteiger partial charge in [0.25, 0.3) is 11.8 Å². The van der Waals surface area contributed by atoms with E-state index >= 15 is 0 Å². The van der Waals surface area contributed by atoms with Crippen molar-refractivity contribution in [3.8, 4) is 24.2 Å². The van der Waals surface area contributed by atoms with E-state index in [1.807, 2.05) is 94.1 Å². The fourth-order valence-electron chi connectivity index (χ4n) is 9.90. The lowest BCUT2D eigenvalue weighted by Gasteiger charge is -2.33. The zero-order chi connectivity index (χ0) is 61.3. The molecule has 5 aromatic carbocycles. The number of hydrogen-bond acceptors (Lipinski definition) is 10. The van der Waals surface area contributed by atoms with Crippen molar-refractivity contribution in [2.75, 3.05) is 88.6 Å². The Morgan fingerprint density at radius 1 is 0.624 bits per heavy atom. The number of aryl methyl sites for hydroxylation is 4. The highest BCUT2D eigenvalue weighted by Gasteiger charge is 2.36. The lowest BCUT2D eigenvalue weighted by molar-refractivity contribution is -0.139. The van der Waals surface area contributed by atoms with Crippen LogP contribution in [-0.2, 0) is 25.4 Å². The van der Waals surface area contributed by atoms with Crippen molar-refractivity contribution in [1.29, 1.82) is 0 Å². The molecule has 0 spiro atoms. The highest BCUT2D eigenvalue weighted by Crippen LogP contribution is 2.37. The van der Waals surface area contributed by atoms with Crippen molar-refractivity contribution in [2.45, 2.75) is 53.1 Å². The van der Waals surface area contributed by atoms with Crippen molar-refractivity contribution in [3.63, 3.8) is 0 Å². The molecule has 2 fully saturated rings. The highest BCUT2D eigenvalue weighted by molar-refractivity contribution is 14.1. The number of halogens is 7. The minimum absolute atomic E-state index is 0.0765. The Bertz CT molecular complexity index is 3820. The van der Waals surface area contributed by atoms with Gasteiger partial charge in [0.05, 0.1) is 28.5 Å². The van der Waals surface area contributed by atoms with E-state index in [4.69, 9.17) is 17.9 Å². The summed E-state index contributed by atoms with van der Waals surface area (Å²) in [5.74, 6) is 8.62. The Morgan fingerprint density at radius 2 is 1.11 bits per heavy atom. The van der Waals surface area contributed by atoms with E-state index in [-0.39, 0.29) is 41.2 Å². The maximum absolute atomic E-state index is 14.0. The smallest absolute Gasteiger partial charge is 0.383 e. The summed E-state index contributed by atoms with van der Waals surface area (Å²) in [4.78, 5) is 42.6. The quantitative estimate of drug-likeness (QED) is 0.0501. The summed E-state index contributed by atoms with van der Waals surface area (Å²) < 4.78 is 84.1. The molecule has 438 valence electrons. The van der Waals surface area contributed by atoms with E-state index in [1.54, 1.807) is 36.4 Å². The Kier molecular flexibility index (Phi) is 20.2. The Morgan fingerprint density at radius 3 is 1.61 bits per heavy atom. The second-order valence-electron chi connectivity index (χ2n) is 21.1. The number of amides is 2. The SMILES string of the molecule is C#Cc1cc(C(=O)Nc2ccc(CN3CCN(C)CC3)c(C(F)(F)F)c2)ccc1C.Cc1ccc(C(=O)Nc2ccc(CN3CCN(C)CC3)c(C(F)(F)F)c2)cc1C#Cc1c(N)nc(C)c2ccccc12.Cc1nc(N)c(I)c2c1C=C[C+]=C2. The molecule has 1 aliphatic carbocycles. The van der Waals surface area contributed by atoms with Crippen molar-refractivity contribution in [3.05, 3.63) is 196 Å². The molecule has 2 aliphatic heterocycles. The maximum Gasteiger partial charge on any atom is 0.416 e. The van der Waals surface area contributed by atoms with Gasteiger partial charge in [0.15, 0.2) is 5.82 Å². The van der Waals surface area contributed by atoms with E-state index in [0.29, 0.717) is 47.0 Å². The number of alkyl halides is 6. The van der Waals surface area contributed by atoms with E-state index < -0.39 is 35.3 Å². The van der Waals surface area contributed by atoms with Crippen molar-refractivity contribution >= 4 is 80.3 Å². The molecule has 10 rings (SSSR count). The fraction of sp³-hybridized carbons (Fsp3) is 0.273. The number of benzene rings is 5. The number of anilines is 4. The molecule has 0 radical (unpaired) electrons. The van der Waals surface area contributed by atoms with E-state index in [0.717, 1.165) is 99.4 Å². The number of pyridine rings is 2. The maximum atomic E-state index is 14.0. The molecule has 0 saturated carbocycles. The summed E-state index contributed by atoms with van der Waals surface area (Å²) in [7, 11) is 4.00. The average molecular weight is 1270 g/mol. The second-order valence-corrected chi connectivity index (χ2v) is 22.2. The molecule has 0 unspecified atom stereocenters. The second kappa shape index (κ2) is 27.3. The van der Waals surface area contributed by atoms with Crippen LogP contribution < -0.4 is 22.1 Å². The van der Waals surface area contributed by atoms with Gasteiger partial charge in [-0.05, 0) is 135 Å². The van der Waals surface area contributed by atoms with Gasteiger partial charge in [-0.25, -0.2) is 9.97 Å². The number of nitrogens with one attached hydrogen (secondary N) is 2. The van der Waals surface area contributed by atoms with Crippen molar-refractivity contribution in [2.24, 2.45) is 0 Å². The number of likely N-dealkylation sites (N-methyl/N-ethyl adjacent to an activating group) is 2. The lowest BCUT2D eigenvalue weighted by atomic mass is 10.0. The first-order valence-electron chi connectivity index (χ1n) is 27.3. The van der Waals surface area contributed by atoms with Crippen LogP contribution in [0.4, 0.5) is 49.4 Å². The molecule has 85 heavy (non-hydrogen) atoms. The van der Waals surface area contributed by atoms with Crippen LogP contribution in [0.5, 0.6) is 0 Å². The van der Waals surface area contributed by atoms with Crippen LogP contribution in [-0.4, -0.2) is 108 Å². The normalized spacial score (nSPS) is 14.5.